The van der Waals surface area contributed by atoms with Crippen molar-refractivity contribution in [3.63, 3.8) is 0 Å². The molecule has 0 bridgehead atoms. The molecule has 3 aromatic rings. The van der Waals surface area contributed by atoms with E-state index in [1.54, 1.807) is 6.20 Å². The van der Waals surface area contributed by atoms with Crippen LogP contribution in [0.5, 0.6) is 0 Å². The summed E-state index contributed by atoms with van der Waals surface area (Å²) < 4.78 is 5.54. The summed E-state index contributed by atoms with van der Waals surface area (Å²) in [6, 6.07) is 6.26. The number of rotatable bonds is 4. The molecule has 5 rings (SSSR count). The summed E-state index contributed by atoms with van der Waals surface area (Å²) in [6.07, 6.45) is 5.88. The molecule has 2 saturated heterocycles. The number of nitrogens with zero attached hydrogens (tertiary/aromatic N) is 5. The van der Waals surface area contributed by atoms with Gasteiger partial charge in [0, 0.05) is 55.7 Å². The zero-order chi connectivity index (χ0) is 19.6. The van der Waals surface area contributed by atoms with Crippen molar-refractivity contribution < 1.29 is 4.74 Å². The van der Waals surface area contributed by atoms with Crippen molar-refractivity contribution >= 4 is 22.4 Å². The number of morpholine rings is 1. The Morgan fingerprint density at radius 3 is 2.62 bits per heavy atom. The van der Waals surface area contributed by atoms with Crippen LogP contribution in [0.4, 0.5) is 11.5 Å². The highest BCUT2D eigenvalue weighted by Crippen LogP contribution is 2.35. The summed E-state index contributed by atoms with van der Waals surface area (Å²) in [5.74, 6) is 1.62. The molecule has 2 aliphatic heterocycles. The maximum absolute atomic E-state index is 5.91. The Hall–Kier alpha value is -2.71. The molecule has 0 amide bonds. The summed E-state index contributed by atoms with van der Waals surface area (Å²) in [5.41, 5.74) is 9.78. The van der Waals surface area contributed by atoms with E-state index in [1.807, 2.05) is 12.3 Å². The fraction of sp³-hybridized carbons (Fsp3) is 0.476. The summed E-state index contributed by atoms with van der Waals surface area (Å²) in [4.78, 5) is 14.5. The number of H-pyrrole nitrogens is 1. The van der Waals surface area contributed by atoms with Gasteiger partial charge in [0.05, 0.1) is 18.9 Å². The lowest BCUT2D eigenvalue weighted by Crippen LogP contribution is -2.38. The SMILES string of the molecule is NCC1CCN(c2cc(N3CCOCC3)nc3c(-c4ccn[nH]4)nccc23)CC1. The Morgan fingerprint density at radius 2 is 1.90 bits per heavy atom. The summed E-state index contributed by atoms with van der Waals surface area (Å²) in [6.45, 7) is 5.99. The molecule has 8 nitrogen and oxygen atoms in total. The molecule has 0 radical (unpaired) electrons. The van der Waals surface area contributed by atoms with Crippen LogP contribution in [0, 0.1) is 5.92 Å². The minimum absolute atomic E-state index is 0.625. The minimum atomic E-state index is 0.625. The van der Waals surface area contributed by atoms with Crippen molar-refractivity contribution in [3.8, 4) is 11.4 Å². The zero-order valence-electron chi connectivity index (χ0n) is 16.5. The summed E-state index contributed by atoms with van der Waals surface area (Å²) >= 11 is 0. The largest absolute Gasteiger partial charge is 0.378 e. The van der Waals surface area contributed by atoms with Gasteiger partial charge in [-0.3, -0.25) is 10.1 Å². The van der Waals surface area contributed by atoms with E-state index < -0.39 is 0 Å². The molecule has 29 heavy (non-hydrogen) atoms. The van der Waals surface area contributed by atoms with Crippen molar-refractivity contribution in [1.29, 1.82) is 0 Å². The number of hydrogen-bond acceptors (Lipinski definition) is 7. The van der Waals surface area contributed by atoms with Crippen molar-refractivity contribution in [2.24, 2.45) is 11.7 Å². The molecule has 0 aliphatic carbocycles. The lowest BCUT2D eigenvalue weighted by Gasteiger charge is -2.35. The number of aromatic amines is 1. The van der Waals surface area contributed by atoms with Crippen LogP contribution in [0.3, 0.4) is 0 Å². The van der Waals surface area contributed by atoms with E-state index in [1.165, 1.54) is 5.69 Å². The molecule has 0 atom stereocenters. The van der Waals surface area contributed by atoms with Gasteiger partial charge in [-0.2, -0.15) is 5.10 Å². The van der Waals surface area contributed by atoms with Crippen molar-refractivity contribution in [2.75, 3.05) is 55.7 Å². The van der Waals surface area contributed by atoms with Gasteiger partial charge < -0.3 is 20.3 Å². The van der Waals surface area contributed by atoms with Crippen LogP contribution in [0.2, 0.25) is 0 Å². The molecule has 0 spiro atoms. The number of aromatic nitrogens is 4. The third kappa shape index (κ3) is 3.54. The lowest BCUT2D eigenvalue weighted by molar-refractivity contribution is 0.122. The van der Waals surface area contributed by atoms with E-state index in [9.17, 15) is 0 Å². The highest BCUT2D eigenvalue weighted by Gasteiger charge is 2.23. The van der Waals surface area contributed by atoms with Crippen LogP contribution in [-0.2, 0) is 4.74 Å². The topological polar surface area (TPSA) is 96.2 Å². The van der Waals surface area contributed by atoms with Crippen LogP contribution in [0.25, 0.3) is 22.3 Å². The standard InChI is InChI=1S/C21H27N7O/c22-14-15-3-7-27(8-4-15)18-13-19(28-9-11-29-12-10-28)25-20-16(18)1-5-23-21(20)17-2-6-24-26-17/h1-2,5-6,13,15H,3-4,7-12,14,22H2,(H,24,26). The molecule has 0 saturated carbocycles. The normalized spacial score (nSPS) is 18.5. The Balaban J connectivity index is 1.63. The first-order chi connectivity index (χ1) is 14.3. The molecular formula is C21H27N7O. The van der Waals surface area contributed by atoms with Crippen LogP contribution < -0.4 is 15.5 Å². The van der Waals surface area contributed by atoms with Gasteiger partial charge in [-0.25, -0.2) is 4.98 Å². The third-order valence-corrected chi connectivity index (χ3v) is 6.07. The average Bonchev–Trinajstić information content (AvgIpc) is 3.33. The van der Waals surface area contributed by atoms with Crippen molar-refractivity contribution in [3.05, 3.63) is 30.6 Å². The fourth-order valence-electron chi connectivity index (χ4n) is 4.33. The second-order valence-corrected chi connectivity index (χ2v) is 7.79. The van der Waals surface area contributed by atoms with E-state index in [4.69, 9.17) is 15.5 Å². The monoisotopic (exact) mass is 393 g/mol. The maximum Gasteiger partial charge on any atom is 0.131 e. The molecule has 0 unspecified atom stereocenters. The molecule has 2 fully saturated rings. The minimum Gasteiger partial charge on any atom is -0.378 e. The van der Waals surface area contributed by atoms with Gasteiger partial charge in [-0.05, 0) is 37.4 Å². The Kier molecular flexibility index (Phi) is 5.03. The predicted molar refractivity (Wildman–Crippen MR) is 114 cm³/mol. The molecule has 2 aliphatic rings. The fourth-order valence-corrected chi connectivity index (χ4v) is 4.33. The number of nitrogens with one attached hydrogen (secondary N) is 1. The third-order valence-electron chi connectivity index (χ3n) is 6.07. The predicted octanol–water partition coefficient (Wildman–Crippen LogP) is 2.03. The van der Waals surface area contributed by atoms with Crippen LogP contribution >= 0.6 is 0 Å². The van der Waals surface area contributed by atoms with Gasteiger partial charge in [0.15, 0.2) is 0 Å². The molecule has 152 valence electrons. The smallest absolute Gasteiger partial charge is 0.131 e. The first-order valence-electron chi connectivity index (χ1n) is 10.4. The highest BCUT2D eigenvalue weighted by molar-refractivity contribution is 6.00. The number of pyridine rings is 2. The summed E-state index contributed by atoms with van der Waals surface area (Å²) in [7, 11) is 0. The van der Waals surface area contributed by atoms with Gasteiger partial charge in [0.1, 0.15) is 17.0 Å². The van der Waals surface area contributed by atoms with E-state index >= 15 is 0 Å². The van der Waals surface area contributed by atoms with E-state index in [0.29, 0.717) is 5.92 Å². The average molecular weight is 393 g/mol. The number of nitrogens with two attached hydrogens (primary N) is 1. The van der Waals surface area contributed by atoms with E-state index in [-0.39, 0.29) is 0 Å². The van der Waals surface area contributed by atoms with Crippen LogP contribution in [0.1, 0.15) is 12.8 Å². The van der Waals surface area contributed by atoms with E-state index in [0.717, 1.165) is 86.9 Å². The van der Waals surface area contributed by atoms with Crippen molar-refractivity contribution in [1.82, 2.24) is 20.2 Å². The Bertz CT molecular complexity index is 961. The second kappa shape index (κ2) is 7.96. The number of anilines is 2. The number of hydrogen-bond donors (Lipinski definition) is 2. The van der Waals surface area contributed by atoms with Crippen LogP contribution in [-0.4, -0.2) is 66.1 Å². The first-order valence-corrected chi connectivity index (χ1v) is 10.4. The number of piperidine rings is 1. The quantitative estimate of drug-likeness (QED) is 0.700. The van der Waals surface area contributed by atoms with Gasteiger partial charge >= 0.3 is 0 Å². The Labute approximate surface area is 170 Å². The van der Waals surface area contributed by atoms with Gasteiger partial charge in [0.25, 0.3) is 0 Å². The number of fused-ring (bicyclic) bond motifs is 1. The molecule has 3 N–H and O–H groups in total. The lowest BCUT2D eigenvalue weighted by atomic mass is 9.96. The zero-order valence-corrected chi connectivity index (χ0v) is 16.5. The van der Waals surface area contributed by atoms with Gasteiger partial charge in [-0.1, -0.05) is 0 Å². The highest BCUT2D eigenvalue weighted by atomic mass is 16.5. The van der Waals surface area contributed by atoms with Gasteiger partial charge in [-0.15, -0.1) is 0 Å². The molecule has 8 heteroatoms. The first kappa shape index (κ1) is 18.3. The maximum atomic E-state index is 5.91. The Morgan fingerprint density at radius 1 is 1.07 bits per heavy atom. The van der Waals surface area contributed by atoms with Crippen molar-refractivity contribution in [2.45, 2.75) is 12.8 Å². The molecule has 5 heterocycles. The second-order valence-electron chi connectivity index (χ2n) is 7.79. The van der Waals surface area contributed by atoms with Gasteiger partial charge in [0.2, 0.25) is 0 Å². The molecule has 0 aromatic carbocycles. The number of ether oxygens (including phenoxy) is 1. The van der Waals surface area contributed by atoms with E-state index in [2.05, 4.69) is 37.1 Å². The molecule has 3 aromatic heterocycles. The van der Waals surface area contributed by atoms with Crippen LogP contribution in [0.15, 0.2) is 30.6 Å². The summed E-state index contributed by atoms with van der Waals surface area (Å²) in [5, 5.41) is 8.28. The molecular weight excluding hydrogens is 366 g/mol.